The van der Waals surface area contributed by atoms with Gasteiger partial charge in [0.1, 0.15) is 11.5 Å². The van der Waals surface area contributed by atoms with Crippen molar-refractivity contribution in [2.75, 3.05) is 9.80 Å². The van der Waals surface area contributed by atoms with Crippen molar-refractivity contribution in [2.45, 2.75) is 9.79 Å². The van der Waals surface area contributed by atoms with E-state index in [1.54, 1.807) is 11.8 Å². The smallest absolute Gasteiger partial charge is 0.141 e. The fourth-order valence-electron chi connectivity index (χ4n) is 8.33. The summed E-state index contributed by atoms with van der Waals surface area (Å²) in [6.45, 7) is 0. The molecule has 0 saturated carbocycles. The maximum Gasteiger partial charge on any atom is 0.141 e. The van der Waals surface area contributed by atoms with Crippen molar-refractivity contribution in [1.29, 1.82) is 0 Å². The van der Waals surface area contributed by atoms with Crippen LogP contribution in [0, 0.1) is 0 Å². The first-order chi connectivity index (χ1) is 28.7. The molecule has 0 fully saturated rings. The molecular formula is C52H32N2OS3. The molecule has 0 aliphatic carbocycles. The summed E-state index contributed by atoms with van der Waals surface area (Å²) in [4.78, 5) is 6.97. The predicted molar refractivity (Wildman–Crippen MR) is 250 cm³/mol. The zero-order valence-corrected chi connectivity index (χ0v) is 33.5. The van der Waals surface area contributed by atoms with E-state index in [0.29, 0.717) is 0 Å². The number of para-hydroxylation sites is 3. The van der Waals surface area contributed by atoms with Crippen LogP contribution in [0.25, 0.3) is 51.1 Å². The highest BCUT2D eigenvalue weighted by Crippen LogP contribution is 2.50. The molecule has 9 aromatic carbocycles. The van der Waals surface area contributed by atoms with Crippen LogP contribution in [-0.2, 0) is 0 Å². The van der Waals surface area contributed by atoms with E-state index in [4.69, 9.17) is 4.74 Å². The minimum absolute atomic E-state index is 0.886. The van der Waals surface area contributed by atoms with E-state index in [2.05, 4.69) is 192 Å². The lowest BCUT2D eigenvalue weighted by Crippen LogP contribution is -2.10. The molecule has 6 heteroatoms. The number of fused-ring (bicyclic) bond motifs is 9. The third-order valence-corrected chi connectivity index (χ3v) is 14.4. The molecule has 274 valence electrons. The second kappa shape index (κ2) is 13.5. The van der Waals surface area contributed by atoms with Gasteiger partial charge < -0.3 is 14.5 Å². The zero-order chi connectivity index (χ0) is 38.2. The molecule has 0 amide bonds. The summed E-state index contributed by atoms with van der Waals surface area (Å²) in [6, 6.07) is 70.3. The van der Waals surface area contributed by atoms with Gasteiger partial charge in [-0.3, -0.25) is 0 Å². The predicted octanol–water partition coefficient (Wildman–Crippen LogP) is 16.8. The number of nitrogens with zero attached hydrogens (tertiary/aromatic N) is 2. The molecular weight excluding hydrogens is 765 g/mol. The van der Waals surface area contributed by atoms with Crippen molar-refractivity contribution in [3.8, 4) is 11.5 Å². The summed E-state index contributed by atoms with van der Waals surface area (Å²) < 4.78 is 11.5. The van der Waals surface area contributed by atoms with Crippen LogP contribution < -0.4 is 14.5 Å². The number of anilines is 6. The van der Waals surface area contributed by atoms with Gasteiger partial charge in [-0.05, 0) is 126 Å². The van der Waals surface area contributed by atoms with E-state index in [-0.39, 0.29) is 0 Å². The summed E-state index contributed by atoms with van der Waals surface area (Å²) in [6.07, 6.45) is 0. The first-order valence-electron chi connectivity index (χ1n) is 19.3. The van der Waals surface area contributed by atoms with Crippen molar-refractivity contribution >= 4 is 120 Å². The SMILES string of the molecule is c1ccc(N(c2ccc3cc4c(cc3c2)sc2ccccc24)c2ccc3c(c2)sc2ccc(N(c4ccccc4)c4ccc5c(c4)Sc4ccccc4O5)cc23)cc1. The molecule has 0 N–H and O–H groups in total. The van der Waals surface area contributed by atoms with Crippen molar-refractivity contribution < 1.29 is 4.74 Å². The molecule has 0 atom stereocenters. The highest BCUT2D eigenvalue weighted by atomic mass is 32.2. The Bertz CT molecular complexity index is 3370. The maximum absolute atomic E-state index is 6.31. The van der Waals surface area contributed by atoms with Crippen molar-refractivity contribution in [2.24, 2.45) is 0 Å². The monoisotopic (exact) mass is 796 g/mol. The summed E-state index contributed by atoms with van der Waals surface area (Å²) in [5.41, 5.74) is 6.70. The van der Waals surface area contributed by atoms with Gasteiger partial charge in [-0.15, -0.1) is 22.7 Å². The molecule has 0 unspecified atom stereocenters. The van der Waals surface area contributed by atoms with Crippen LogP contribution in [0.5, 0.6) is 11.5 Å². The standard InChI is InChI=1S/C52H32N2OS3/c1-3-11-35(12-4-1)53(37-20-19-33-28-43-41-15-7-9-17-47(41)56-50(43)29-34(33)27-37)39-21-24-42-44-30-38(23-26-48(44)57-51(42)31-39)54(36-13-5-2-6-14-36)40-22-25-46-52(32-40)58-49-18-10-8-16-45(49)55-46/h1-32H. The highest BCUT2D eigenvalue weighted by Gasteiger charge is 2.22. The number of benzene rings is 9. The fourth-order valence-corrected chi connectivity index (χ4v) is 11.6. The molecule has 12 rings (SSSR count). The Labute approximate surface area is 347 Å². The van der Waals surface area contributed by atoms with Crippen LogP contribution in [0.4, 0.5) is 34.1 Å². The molecule has 3 nitrogen and oxygen atoms in total. The van der Waals surface area contributed by atoms with Crippen LogP contribution in [0.3, 0.4) is 0 Å². The number of rotatable bonds is 6. The lowest BCUT2D eigenvalue weighted by Gasteiger charge is -2.27. The molecule has 1 aliphatic rings. The van der Waals surface area contributed by atoms with E-state index in [1.807, 2.05) is 34.8 Å². The molecule has 0 saturated heterocycles. The van der Waals surface area contributed by atoms with Gasteiger partial charge in [0.25, 0.3) is 0 Å². The van der Waals surface area contributed by atoms with Crippen molar-refractivity contribution in [3.05, 3.63) is 194 Å². The van der Waals surface area contributed by atoms with Gasteiger partial charge in [-0.2, -0.15) is 0 Å². The van der Waals surface area contributed by atoms with E-state index >= 15 is 0 Å². The Morgan fingerprint density at radius 1 is 0.310 bits per heavy atom. The van der Waals surface area contributed by atoms with Gasteiger partial charge in [0.05, 0.1) is 9.79 Å². The van der Waals surface area contributed by atoms with E-state index in [9.17, 15) is 0 Å². The summed E-state index contributed by atoms with van der Waals surface area (Å²) in [5.74, 6) is 1.79. The number of thiophene rings is 2. The number of ether oxygens (including phenoxy) is 1. The van der Waals surface area contributed by atoms with E-state index in [1.165, 1.54) is 51.1 Å². The molecule has 58 heavy (non-hydrogen) atoms. The Morgan fingerprint density at radius 2 is 0.879 bits per heavy atom. The third-order valence-electron chi connectivity index (χ3n) is 11.0. The largest absolute Gasteiger partial charge is 0.455 e. The minimum atomic E-state index is 0.886. The quantitative estimate of drug-likeness (QED) is 0.166. The first-order valence-corrected chi connectivity index (χ1v) is 21.8. The van der Waals surface area contributed by atoms with Crippen molar-refractivity contribution in [3.63, 3.8) is 0 Å². The Hall–Kier alpha value is -6.57. The molecule has 2 aromatic heterocycles. The van der Waals surface area contributed by atoms with Gasteiger partial charge in [0.15, 0.2) is 0 Å². The molecule has 0 bridgehead atoms. The molecule has 3 heterocycles. The van der Waals surface area contributed by atoms with Crippen LogP contribution in [0.15, 0.2) is 204 Å². The summed E-state index contributed by atoms with van der Waals surface area (Å²) in [7, 11) is 0. The van der Waals surface area contributed by atoms with Gasteiger partial charge in [-0.25, -0.2) is 0 Å². The summed E-state index contributed by atoms with van der Waals surface area (Å²) in [5, 5.41) is 7.65. The Balaban J connectivity index is 0.953. The fraction of sp³-hybridized carbons (Fsp3) is 0. The average molecular weight is 797 g/mol. The molecule has 0 spiro atoms. The lowest BCUT2D eigenvalue weighted by molar-refractivity contribution is 0.454. The topological polar surface area (TPSA) is 15.7 Å². The lowest BCUT2D eigenvalue weighted by atomic mass is 10.0. The second-order valence-electron chi connectivity index (χ2n) is 14.6. The van der Waals surface area contributed by atoms with E-state index in [0.717, 1.165) is 55.4 Å². The third kappa shape index (κ3) is 5.64. The van der Waals surface area contributed by atoms with Gasteiger partial charge in [-0.1, -0.05) is 90.6 Å². The molecule has 0 radical (unpaired) electrons. The van der Waals surface area contributed by atoms with Crippen molar-refractivity contribution in [1.82, 2.24) is 0 Å². The molecule has 11 aromatic rings. The van der Waals surface area contributed by atoms with E-state index < -0.39 is 0 Å². The van der Waals surface area contributed by atoms with Gasteiger partial charge in [0.2, 0.25) is 0 Å². The normalized spacial score (nSPS) is 12.2. The Kier molecular flexibility index (Phi) is 7.83. The minimum Gasteiger partial charge on any atom is -0.455 e. The zero-order valence-electron chi connectivity index (χ0n) is 31.0. The summed E-state index contributed by atoms with van der Waals surface area (Å²) >= 11 is 5.48. The van der Waals surface area contributed by atoms with Gasteiger partial charge in [0, 0.05) is 74.5 Å². The van der Waals surface area contributed by atoms with Crippen LogP contribution >= 0.6 is 34.4 Å². The Morgan fingerprint density at radius 3 is 1.71 bits per heavy atom. The first kappa shape index (κ1) is 33.6. The van der Waals surface area contributed by atoms with Gasteiger partial charge >= 0.3 is 0 Å². The number of hydrogen-bond donors (Lipinski definition) is 0. The van der Waals surface area contributed by atoms with Crippen LogP contribution in [-0.4, -0.2) is 0 Å². The van der Waals surface area contributed by atoms with Crippen LogP contribution in [0.1, 0.15) is 0 Å². The maximum atomic E-state index is 6.31. The molecule has 1 aliphatic heterocycles. The second-order valence-corrected chi connectivity index (χ2v) is 17.8. The average Bonchev–Trinajstić information content (AvgIpc) is 3.83. The number of hydrogen-bond acceptors (Lipinski definition) is 6. The van der Waals surface area contributed by atoms with Crippen LogP contribution in [0.2, 0.25) is 0 Å². The highest BCUT2D eigenvalue weighted by molar-refractivity contribution is 7.99.